The Bertz CT molecular complexity index is 431. The van der Waals surface area contributed by atoms with Crippen molar-refractivity contribution in [1.29, 1.82) is 0 Å². The Morgan fingerprint density at radius 2 is 1.89 bits per heavy atom. The van der Waals surface area contributed by atoms with Crippen LogP contribution in [0.3, 0.4) is 0 Å². The van der Waals surface area contributed by atoms with E-state index in [1.54, 1.807) is 11.9 Å². The van der Waals surface area contributed by atoms with Crippen molar-refractivity contribution in [1.82, 2.24) is 4.90 Å². The van der Waals surface area contributed by atoms with E-state index in [4.69, 9.17) is 5.11 Å². The summed E-state index contributed by atoms with van der Waals surface area (Å²) < 4.78 is 0. The van der Waals surface area contributed by atoms with E-state index in [1.165, 1.54) is 17.3 Å². The molecule has 104 valence electrons. The lowest BCUT2D eigenvalue weighted by molar-refractivity contribution is -0.137. The van der Waals surface area contributed by atoms with E-state index < -0.39 is 5.97 Å². The maximum atomic E-state index is 11.8. The third kappa shape index (κ3) is 6.29. The van der Waals surface area contributed by atoms with E-state index in [9.17, 15) is 9.59 Å². The number of rotatable bonds is 7. The molecule has 0 fully saturated rings. The molecule has 1 amide bonds. The summed E-state index contributed by atoms with van der Waals surface area (Å²) in [6.45, 7) is 2.51. The molecule has 0 bridgehead atoms. The Balaban J connectivity index is 2.30. The van der Waals surface area contributed by atoms with Gasteiger partial charge in [-0.1, -0.05) is 17.7 Å². The van der Waals surface area contributed by atoms with Gasteiger partial charge in [-0.2, -0.15) is 0 Å². The van der Waals surface area contributed by atoms with Crippen LogP contribution in [0.5, 0.6) is 0 Å². The van der Waals surface area contributed by atoms with Gasteiger partial charge in [0.2, 0.25) is 5.91 Å². The zero-order valence-electron chi connectivity index (χ0n) is 11.3. The number of carboxylic acids is 1. The number of aryl methyl sites for hydroxylation is 1. The maximum Gasteiger partial charge on any atom is 0.303 e. The molecule has 0 spiro atoms. The first kappa shape index (κ1) is 15.6. The van der Waals surface area contributed by atoms with E-state index in [2.05, 4.69) is 0 Å². The van der Waals surface area contributed by atoms with Crippen molar-refractivity contribution in [2.24, 2.45) is 0 Å². The van der Waals surface area contributed by atoms with Gasteiger partial charge < -0.3 is 10.0 Å². The highest BCUT2D eigenvalue weighted by Crippen LogP contribution is 2.18. The SMILES string of the molecule is Cc1ccc(SCC(=O)N(C)CCCC(=O)O)cc1. The van der Waals surface area contributed by atoms with Crippen LogP contribution in [0, 0.1) is 6.92 Å². The molecular formula is C14H19NO3S. The highest BCUT2D eigenvalue weighted by Gasteiger charge is 2.09. The highest BCUT2D eigenvalue weighted by molar-refractivity contribution is 8.00. The minimum absolute atomic E-state index is 0.0240. The van der Waals surface area contributed by atoms with E-state index in [0.717, 1.165) is 4.90 Å². The molecule has 0 atom stereocenters. The summed E-state index contributed by atoms with van der Waals surface area (Å²) in [6.07, 6.45) is 0.593. The minimum Gasteiger partial charge on any atom is -0.481 e. The van der Waals surface area contributed by atoms with Gasteiger partial charge in [0.25, 0.3) is 0 Å². The molecule has 0 aliphatic heterocycles. The normalized spacial score (nSPS) is 10.2. The molecule has 5 heteroatoms. The molecule has 1 aromatic carbocycles. The lowest BCUT2D eigenvalue weighted by atomic mass is 10.2. The van der Waals surface area contributed by atoms with Crippen molar-refractivity contribution in [3.05, 3.63) is 29.8 Å². The van der Waals surface area contributed by atoms with Gasteiger partial charge in [0.05, 0.1) is 5.75 Å². The monoisotopic (exact) mass is 281 g/mol. The highest BCUT2D eigenvalue weighted by atomic mass is 32.2. The summed E-state index contributed by atoms with van der Waals surface area (Å²) in [4.78, 5) is 24.9. The molecule has 0 radical (unpaired) electrons. The molecule has 0 saturated carbocycles. The maximum absolute atomic E-state index is 11.8. The molecule has 0 saturated heterocycles. The van der Waals surface area contributed by atoms with Crippen LogP contribution in [0.1, 0.15) is 18.4 Å². The van der Waals surface area contributed by atoms with E-state index in [0.29, 0.717) is 18.7 Å². The molecule has 0 unspecified atom stereocenters. The van der Waals surface area contributed by atoms with Gasteiger partial charge in [-0.25, -0.2) is 0 Å². The van der Waals surface area contributed by atoms with E-state index in [-0.39, 0.29) is 12.3 Å². The van der Waals surface area contributed by atoms with Crippen LogP contribution < -0.4 is 0 Å². The average Bonchev–Trinajstić information content (AvgIpc) is 2.37. The third-order valence-electron chi connectivity index (χ3n) is 2.69. The van der Waals surface area contributed by atoms with Crippen LogP contribution in [-0.2, 0) is 9.59 Å². The number of hydrogen-bond acceptors (Lipinski definition) is 3. The second-order valence-electron chi connectivity index (χ2n) is 4.41. The number of carbonyl (C=O) groups is 2. The molecular weight excluding hydrogens is 262 g/mol. The molecule has 1 rings (SSSR count). The summed E-state index contributed by atoms with van der Waals surface area (Å²) in [5.74, 6) is -0.419. The lowest BCUT2D eigenvalue weighted by Gasteiger charge is -2.16. The fourth-order valence-corrected chi connectivity index (χ4v) is 2.32. The third-order valence-corrected chi connectivity index (χ3v) is 3.69. The Hall–Kier alpha value is -1.49. The average molecular weight is 281 g/mol. The molecule has 0 heterocycles. The van der Waals surface area contributed by atoms with Crippen molar-refractivity contribution >= 4 is 23.6 Å². The van der Waals surface area contributed by atoms with Gasteiger partial charge in [-0.15, -0.1) is 11.8 Å². The van der Waals surface area contributed by atoms with Gasteiger partial charge in [0, 0.05) is 24.9 Å². The molecule has 4 nitrogen and oxygen atoms in total. The summed E-state index contributed by atoms with van der Waals surface area (Å²) in [5.41, 5.74) is 1.20. The van der Waals surface area contributed by atoms with Crippen LogP contribution in [0.15, 0.2) is 29.2 Å². The first-order valence-electron chi connectivity index (χ1n) is 6.14. The van der Waals surface area contributed by atoms with Gasteiger partial charge in [-0.05, 0) is 25.5 Å². The molecule has 19 heavy (non-hydrogen) atoms. The number of aliphatic carboxylic acids is 1. The Morgan fingerprint density at radius 1 is 1.26 bits per heavy atom. The molecule has 1 N–H and O–H groups in total. The Labute approximate surface area is 117 Å². The van der Waals surface area contributed by atoms with Crippen LogP contribution in [0.2, 0.25) is 0 Å². The number of carbonyl (C=O) groups excluding carboxylic acids is 1. The Kier molecular flexibility index (Phi) is 6.42. The van der Waals surface area contributed by atoms with Crippen molar-refractivity contribution in [2.45, 2.75) is 24.7 Å². The summed E-state index contributed by atoms with van der Waals surface area (Å²) in [7, 11) is 1.71. The lowest BCUT2D eigenvalue weighted by Crippen LogP contribution is -2.29. The zero-order valence-corrected chi connectivity index (χ0v) is 12.1. The minimum atomic E-state index is -0.824. The van der Waals surface area contributed by atoms with Crippen molar-refractivity contribution in [3.8, 4) is 0 Å². The largest absolute Gasteiger partial charge is 0.481 e. The summed E-state index contributed by atoms with van der Waals surface area (Å²) in [6, 6.07) is 8.03. The number of nitrogens with zero attached hydrogens (tertiary/aromatic N) is 1. The number of thioether (sulfide) groups is 1. The van der Waals surface area contributed by atoms with E-state index in [1.807, 2.05) is 31.2 Å². The van der Waals surface area contributed by atoms with Gasteiger partial charge in [-0.3, -0.25) is 9.59 Å². The van der Waals surface area contributed by atoms with Crippen molar-refractivity contribution in [2.75, 3.05) is 19.3 Å². The second-order valence-corrected chi connectivity index (χ2v) is 5.46. The van der Waals surface area contributed by atoms with Crippen LogP contribution in [-0.4, -0.2) is 41.2 Å². The predicted molar refractivity (Wildman–Crippen MR) is 76.4 cm³/mol. The molecule has 1 aromatic rings. The fourth-order valence-electron chi connectivity index (χ4n) is 1.48. The quantitative estimate of drug-likeness (QED) is 0.780. The van der Waals surface area contributed by atoms with Gasteiger partial charge in [0.1, 0.15) is 0 Å². The van der Waals surface area contributed by atoms with Crippen LogP contribution in [0.4, 0.5) is 0 Å². The van der Waals surface area contributed by atoms with Gasteiger partial charge >= 0.3 is 5.97 Å². The number of carboxylic acid groups (broad SMARTS) is 1. The van der Waals surface area contributed by atoms with Crippen molar-refractivity contribution < 1.29 is 14.7 Å². The zero-order chi connectivity index (χ0) is 14.3. The molecule has 0 aliphatic carbocycles. The fraction of sp³-hybridized carbons (Fsp3) is 0.429. The number of amides is 1. The standard InChI is InChI=1S/C14H19NO3S/c1-11-5-7-12(8-6-11)19-10-13(16)15(2)9-3-4-14(17)18/h5-8H,3-4,9-10H2,1-2H3,(H,17,18). The Morgan fingerprint density at radius 3 is 2.47 bits per heavy atom. The van der Waals surface area contributed by atoms with Crippen LogP contribution in [0.25, 0.3) is 0 Å². The summed E-state index contributed by atoms with van der Waals surface area (Å²) >= 11 is 1.50. The topological polar surface area (TPSA) is 57.6 Å². The first-order valence-corrected chi connectivity index (χ1v) is 7.13. The van der Waals surface area contributed by atoms with Crippen molar-refractivity contribution in [3.63, 3.8) is 0 Å². The number of hydrogen-bond donors (Lipinski definition) is 1. The second kappa shape index (κ2) is 7.84. The van der Waals surface area contributed by atoms with Gasteiger partial charge in [0.15, 0.2) is 0 Å². The summed E-state index contributed by atoms with van der Waals surface area (Å²) in [5, 5.41) is 8.53. The smallest absolute Gasteiger partial charge is 0.303 e. The number of benzene rings is 1. The van der Waals surface area contributed by atoms with E-state index >= 15 is 0 Å². The predicted octanol–water partition coefficient (Wildman–Crippen LogP) is 2.41. The first-order chi connectivity index (χ1) is 8.99. The molecule has 0 aliphatic rings. The van der Waals surface area contributed by atoms with Crippen LogP contribution >= 0.6 is 11.8 Å². The molecule has 0 aromatic heterocycles.